The molecule has 0 aliphatic heterocycles. The van der Waals surface area contributed by atoms with Gasteiger partial charge in [0.25, 0.3) is 0 Å². The van der Waals surface area contributed by atoms with Gasteiger partial charge in [-0.25, -0.2) is 0 Å². The molecule has 0 aromatic heterocycles. The molecule has 1 aromatic rings. The van der Waals surface area contributed by atoms with Gasteiger partial charge in [0.2, 0.25) is 0 Å². The van der Waals surface area contributed by atoms with Crippen LogP contribution in [0.5, 0.6) is 0 Å². The topological polar surface area (TPSA) is 52.0 Å². The minimum Gasteiger partial charge on any atom is -0.330 e. The molecule has 4 N–H and O–H groups in total. The van der Waals surface area contributed by atoms with Crippen molar-refractivity contribution < 1.29 is 0 Å². The molecule has 0 saturated carbocycles. The Bertz CT molecular complexity index is 387. The van der Waals surface area contributed by atoms with E-state index >= 15 is 0 Å². The van der Waals surface area contributed by atoms with E-state index in [1.165, 1.54) is 16.7 Å². The predicted molar refractivity (Wildman–Crippen MR) is 79.6 cm³/mol. The van der Waals surface area contributed by atoms with Crippen LogP contribution < -0.4 is 11.5 Å². The molecule has 0 saturated heterocycles. The Morgan fingerprint density at radius 2 is 1.83 bits per heavy atom. The summed E-state index contributed by atoms with van der Waals surface area (Å²) in [5, 5.41) is 0. The highest BCUT2D eigenvalue weighted by Gasteiger charge is 2.20. The van der Waals surface area contributed by atoms with Gasteiger partial charge in [0.05, 0.1) is 0 Å². The maximum absolute atomic E-state index is 6.34. The fraction of sp³-hybridized carbons (Fsp3) is 0.625. The van der Waals surface area contributed by atoms with Crippen molar-refractivity contribution in [1.82, 2.24) is 0 Å². The highest BCUT2D eigenvalue weighted by molar-refractivity contribution is 5.36. The van der Waals surface area contributed by atoms with Crippen LogP contribution in [0.1, 0.15) is 56.8 Å². The second-order valence-corrected chi connectivity index (χ2v) is 6.25. The molecule has 102 valence electrons. The Morgan fingerprint density at radius 3 is 2.22 bits per heavy atom. The summed E-state index contributed by atoms with van der Waals surface area (Å²) in [4.78, 5) is 0. The Labute approximate surface area is 112 Å². The summed E-state index contributed by atoms with van der Waals surface area (Å²) in [7, 11) is 0. The third-order valence-electron chi connectivity index (χ3n) is 3.83. The Kier molecular flexibility index (Phi) is 4.94. The summed E-state index contributed by atoms with van der Waals surface area (Å²) in [6, 6.07) is 6.69. The monoisotopic (exact) mass is 248 g/mol. The molecule has 2 nitrogen and oxygen atoms in total. The predicted octanol–water partition coefficient (Wildman–Crippen LogP) is 3.28. The van der Waals surface area contributed by atoms with Crippen LogP contribution >= 0.6 is 0 Å². The lowest BCUT2D eigenvalue weighted by Crippen LogP contribution is -2.28. The van der Waals surface area contributed by atoms with Crippen LogP contribution in [0.3, 0.4) is 0 Å². The number of aryl methyl sites for hydroxylation is 1. The molecule has 0 radical (unpaired) electrons. The third-order valence-corrected chi connectivity index (χ3v) is 3.83. The van der Waals surface area contributed by atoms with Crippen LogP contribution in [0, 0.1) is 12.8 Å². The van der Waals surface area contributed by atoms with Crippen molar-refractivity contribution >= 4 is 0 Å². The molecule has 2 unspecified atom stereocenters. The van der Waals surface area contributed by atoms with Crippen molar-refractivity contribution in [2.75, 3.05) is 6.54 Å². The van der Waals surface area contributed by atoms with E-state index in [1.807, 2.05) is 0 Å². The van der Waals surface area contributed by atoms with Gasteiger partial charge in [-0.2, -0.15) is 0 Å². The first-order chi connectivity index (χ1) is 8.31. The molecule has 2 heteroatoms. The summed E-state index contributed by atoms with van der Waals surface area (Å²) >= 11 is 0. The van der Waals surface area contributed by atoms with E-state index in [0.717, 1.165) is 6.42 Å². The van der Waals surface area contributed by atoms with Gasteiger partial charge in [-0.05, 0) is 41.5 Å². The lowest BCUT2D eigenvalue weighted by molar-refractivity contribution is 0.426. The zero-order valence-electron chi connectivity index (χ0n) is 12.5. The lowest BCUT2D eigenvalue weighted by Gasteiger charge is -2.25. The quantitative estimate of drug-likeness (QED) is 0.859. The third kappa shape index (κ3) is 3.33. The van der Waals surface area contributed by atoms with Gasteiger partial charge < -0.3 is 11.5 Å². The zero-order chi connectivity index (χ0) is 13.9. The Balaban J connectivity index is 3.06. The van der Waals surface area contributed by atoms with Crippen LogP contribution in [0.4, 0.5) is 0 Å². The lowest BCUT2D eigenvalue weighted by atomic mass is 9.83. The smallest absolute Gasteiger partial charge is 0.0338 e. The van der Waals surface area contributed by atoms with Crippen LogP contribution in [0.25, 0.3) is 0 Å². The molecule has 0 aliphatic rings. The molecular formula is C16H28N2. The number of nitrogens with two attached hydrogens (primary N) is 2. The van der Waals surface area contributed by atoms with Gasteiger partial charge in [-0.3, -0.25) is 0 Å². The average Bonchev–Trinajstić information content (AvgIpc) is 2.29. The van der Waals surface area contributed by atoms with Crippen molar-refractivity contribution in [3.05, 3.63) is 34.9 Å². The maximum Gasteiger partial charge on any atom is 0.0338 e. The molecule has 18 heavy (non-hydrogen) atoms. The van der Waals surface area contributed by atoms with Gasteiger partial charge in [0.15, 0.2) is 0 Å². The second kappa shape index (κ2) is 5.85. The van der Waals surface area contributed by atoms with Gasteiger partial charge in [-0.15, -0.1) is 0 Å². The molecular weight excluding hydrogens is 220 g/mol. The first kappa shape index (κ1) is 15.2. The van der Waals surface area contributed by atoms with Gasteiger partial charge in [0.1, 0.15) is 0 Å². The number of rotatable bonds is 4. The van der Waals surface area contributed by atoms with Gasteiger partial charge >= 0.3 is 0 Å². The van der Waals surface area contributed by atoms with Crippen LogP contribution in [0.15, 0.2) is 18.2 Å². The number of benzene rings is 1. The van der Waals surface area contributed by atoms with Crippen molar-refractivity contribution in [2.45, 2.75) is 52.5 Å². The van der Waals surface area contributed by atoms with E-state index in [1.54, 1.807) is 0 Å². The summed E-state index contributed by atoms with van der Waals surface area (Å²) in [5.41, 5.74) is 16.2. The number of hydrogen-bond donors (Lipinski definition) is 2. The fourth-order valence-corrected chi connectivity index (χ4v) is 2.34. The molecule has 1 aromatic carbocycles. The van der Waals surface area contributed by atoms with E-state index in [9.17, 15) is 0 Å². The standard InChI is InChI=1S/C16H28N2/c1-6-12(10-17)15(18)14-8-7-13(9-11(14)2)16(3,4)5/h7-9,12,15H,6,10,17-18H2,1-5H3. The maximum atomic E-state index is 6.34. The van der Waals surface area contributed by atoms with Crippen molar-refractivity contribution in [1.29, 1.82) is 0 Å². The minimum atomic E-state index is 0.0500. The van der Waals surface area contributed by atoms with Crippen molar-refractivity contribution in [3.63, 3.8) is 0 Å². The van der Waals surface area contributed by atoms with Crippen molar-refractivity contribution in [2.24, 2.45) is 17.4 Å². The van der Waals surface area contributed by atoms with Crippen molar-refractivity contribution in [3.8, 4) is 0 Å². The number of hydrogen-bond acceptors (Lipinski definition) is 2. The van der Waals surface area contributed by atoms with E-state index < -0.39 is 0 Å². The molecule has 0 aliphatic carbocycles. The van der Waals surface area contributed by atoms with Crippen LogP contribution in [0.2, 0.25) is 0 Å². The molecule has 1 rings (SSSR count). The van der Waals surface area contributed by atoms with E-state index in [4.69, 9.17) is 11.5 Å². The summed E-state index contributed by atoms with van der Waals surface area (Å²) < 4.78 is 0. The zero-order valence-corrected chi connectivity index (χ0v) is 12.5. The van der Waals surface area contributed by atoms with E-state index in [2.05, 4.69) is 52.8 Å². The largest absolute Gasteiger partial charge is 0.330 e. The first-order valence-electron chi connectivity index (χ1n) is 6.88. The summed E-state index contributed by atoms with van der Waals surface area (Å²) in [6.45, 7) is 11.6. The second-order valence-electron chi connectivity index (χ2n) is 6.25. The fourth-order valence-electron chi connectivity index (χ4n) is 2.34. The Morgan fingerprint density at radius 1 is 1.22 bits per heavy atom. The molecule has 2 atom stereocenters. The molecule has 0 spiro atoms. The minimum absolute atomic E-state index is 0.0500. The summed E-state index contributed by atoms with van der Waals surface area (Å²) in [5.74, 6) is 0.365. The SMILES string of the molecule is CCC(CN)C(N)c1ccc(C(C)(C)C)cc1C. The summed E-state index contributed by atoms with van der Waals surface area (Å²) in [6.07, 6.45) is 1.03. The molecule has 0 fully saturated rings. The highest BCUT2D eigenvalue weighted by Crippen LogP contribution is 2.29. The Hall–Kier alpha value is -0.860. The first-order valence-corrected chi connectivity index (χ1v) is 6.88. The van der Waals surface area contributed by atoms with Gasteiger partial charge in [-0.1, -0.05) is 52.3 Å². The van der Waals surface area contributed by atoms with E-state index in [-0.39, 0.29) is 11.5 Å². The molecule has 0 bridgehead atoms. The molecule has 0 heterocycles. The molecule has 0 amide bonds. The average molecular weight is 248 g/mol. The normalized spacial score (nSPS) is 15.5. The highest BCUT2D eigenvalue weighted by atomic mass is 14.7. The van der Waals surface area contributed by atoms with Crippen LogP contribution in [-0.2, 0) is 5.41 Å². The van der Waals surface area contributed by atoms with Crippen LogP contribution in [-0.4, -0.2) is 6.54 Å². The van der Waals surface area contributed by atoms with Gasteiger partial charge in [0, 0.05) is 6.04 Å². The van der Waals surface area contributed by atoms with E-state index in [0.29, 0.717) is 12.5 Å².